The third kappa shape index (κ3) is 5.01. The average Bonchev–Trinajstić information content (AvgIpc) is 1.88. The van der Waals surface area contributed by atoms with E-state index in [4.69, 9.17) is 5.84 Å². The zero-order chi connectivity index (χ0) is 7.98. The highest BCUT2D eigenvalue weighted by atomic mass is 127. The molecule has 4 heteroatoms. The van der Waals surface area contributed by atoms with Crippen LogP contribution in [0.15, 0.2) is 12.3 Å². The Morgan fingerprint density at radius 2 is 2.40 bits per heavy atom. The van der Waals surface area contributed by atoms with Crippen LogP contribution in [0.4, 0.5) is 0 Å². The number of halogens is 1. The molecular weight excluding hydrogens is 241 g/mol. The normalized spacial score (nSPS) is 12.7. The number of alkyl halides is 1. The summed E-state index contributed by atoms with van der Waals surface area (Å²) in [6.07, 6.45) is 0.866. The van der Waals surface area contributed by atoms with Gasteiger partial charge < -0.3 is 10.7 Å². The molecule has 0 saturated carbocycles. The van der Waals surface area contributed by atoms with Crippen molar-refractivity contribution in [1.29, 1.82) is 0 Å². The SMILES string of the molecule is C=C(CC(I)NCC)NN. The standard InChI is InChI=1S/C6H14IN3/c1-3-9-6(7)4-5(2)10-8/h6,9-10H,2-4,8H2,1H3. The first-order valence-corrected chi connectivity index (χ1v) is 4.47. The highest BCUT2D eigenvalue weighted by molar-refractivity contribution is 14.1. The second kappa shape index (κ2) is 5.94. The minimum Gasteiger partial charge on any atom is -0.329 e. The molecule has 0 aromatic carbocycles. The van der Waals surface area contributed by atoms with Gasteiger partial charge in [0.15, 0.2) is 0 Å². The first-order chi connectivity index (χ1) is 4.70. The molecule has 0 aliphatic heterocycles. The van der Waals surface area contributed by atoms with Crippen molar-refractivity contribution >= 4 is 22.6 Å². The molecule has 0 saturated heterocycles. The Kier molecular flexibility index (Phi) is 6.05. The zero-order valence-electron chi connectivity index (χ0n) is 6.15. The molecule has 0 amide bonds. The van der Waals surface area contributed by atoms with Crippen LogP contribution in [0.2, 0.25) is 0 Å². The minimum atomic E-state index is 0.422. The van der Waals surface area contributed by atoms with Crippen LogP contribution in [0.5, 0.6) is 0 Å². The van der Waals surface area contributed by atoms with Gasteiger partial charge in [-0.05, 0) is 6.54 Å². The van der Waals surface area contributed by atoms with Crippen LogP contribution in [0, 0.1) is 0 Å². The van der Waals surface area contributed by atoms with Crippen molar-refractivity contribution in [2.75, 3.05) is 6.54 Å². The van der Waals surface area contributed by atoms with Gasteiger partial charge >= 0.3 is 0 Å². The summed E-state index contributed by atoms with van der Waals surface area (Å²) in [7, 11) is 0. The van der Waals surface area contributed by atoms with Gasteiger partial charge in [-0.2, -0.15) is 0 Å². The Bertz CT molecular complexity index is 105. The highest BCUT2D eigenvalue weighted by Crippen LogP contribution is 2.05. The molecule has 0 heterocycles. The molecule has 0 aromatic rings. The summed E-state index contributed by atoms with van der Waals surface area (Å²) >= 11 is 2.31. The molecular formula is C6H14IN3. The van der Waals surface area contributed by atoms with Gasteiger partial charge in [0, 0.05) is 12.1 Å². The van der Waals surface area contributed by atoms with Crippen LogP contribution in [0.3, 0.4) is 0 Å². The Morgan fingerprint density at radius 3 is 2.80 bits per heavy atom. The van der Waals surface area contributed by atoms with E-state index in [0.29, 0.717) is 4.05 Å². The monoisotopic (exact) mass is 255 g/mol. The van der Waals surface area contributed by atoms with Gasteiger partial charge in [-0.15, -0.1) is 0 Å². The summed E-state index contributed by atoms with van der Waals surface area (Å²) in [5.74, 6) is 5.14. The van der Waals surface area contributed by atoms with E-state index in [1.54, 1.807) is 0 Å². The predicted molar refractivity (Wildman–Crippen MR) is 52.6 cm³/mol. The number of hydrazine groups is 1. The van der Waals surface area contributed by atoms with E-state index in [9.17, 15) is 0 Å². The first kappa shape index (κ1) is 10.2. The third-order valence-corrected chi connectivity index (χ3v) is 1.94. The molecule has 0 rings (SSSR count). The predicted octanol–water partition coefficient (Wildman–Crippen LogP) is 0.724. The fourth-order valence-electron chi connectivity index (χ4n) is 0.569. The molecule has 1 atom stereocenters. The number of hydrogen-bond acceptors (Lipinski definition) is 3. The van der Waals surface area contributed by atoms with Gasteiger partial charge in [0.05, 0.1) is 4.05 Å². The van der Waals surface area contributed by atoms with E-state index in [2.05, 4.69) is 46.8 Å². The van der Waals surface area contributed by atoms with Gasteiger partial charge in [-0.25, -0.2) is 0 Å². The van der Waals surface area contributed by atoms with E-state index in [0.717, 1.165) is 18.7 Å². The van der Waals surface area contributed by atoms with Crippen LogP contribution in [0.25, 0.3) is 0 Å². The molecule has 0 radical (unpaired) electrons. The van der Waals surface area contributed by atoms with Crippen LogP contribution in [-0.2, 0) is 0 Å². The van der Waals surface area contributed by atoms with Gasteiger partial charge in [0.25, 0.3) is 0 Å². The maximum atomic E-state index is 5.14. The van der Waals surface area contributed by atoms with Crippen molar-refractivity contribution in [2.24, 2.45) is 5.84 Å². The van der Waals surface area contributed by atoms with E-state index in [1.165, 1.54) is 0 Å². The Labute approximate surface area is 75.5 Å². The third-order valence-electron chi connectivity index (χ3n) is 1.06. The molecule has 3 nitrogen and oxygen atoms in total. The largest absolute Gasteiger partial charge is 0.329 e. The van der Waals surface area contributed by atoms with Crippen molar-refractivity contribution in [2.45, 2.75) is 17.4 Å². The lowest BCUT2D eigenvalue weighted by Crippen LogP contribution is -2.28. The lowest BCUT2D eigenvalue weighted by molar-refractivity contribution is 0.663. The fourth-order valence-corrected chi connectivity index (χ4v) is 1.54. The fraction of sp³-hybridized carbons (Fsp3) is 0.667. The van der Waals surface area contributed by atoms with E-state index in [-0.39, 0.29) is 0 Å². The topological polar surface area (TPSA) is 50.1 Å². The van der Waals surface area contributed by atoms with Crippen LogP contribution in [0.1, 0.15) is 13.3 Å². The van der Waals surface area contributed by atoms with Gasteiger partial charge in [-0.3, -0.25) is 5.84 Å². The second-order valence-corrected chi connectivity index (χ2v) is 3.48. The van der Waals surface area contributed by atoms with Crippen LogP contribution >= 0.6 is 22.6 Å². The summed E-state index contributed by atoms with van der Waals surface area (Å²) in [5, 5.41) is 3.24. The highest BCUT2D eigenvalue weighted by Gasteiger charge is 2.01. The summed E-state index contributed by atoms with van der Waals surface area (Å²) in [6.45, 7) is 6.77. The van der Waals surface area contributed by atoms with E-state index in [1.807, 2.05) is 0 Å². The van der Waals surface area contributed by atoms with Gasteiger partial charge in [0.1, 0.15) is 0 Å². The molecule has 0 spiro atoms. The molecule has 4 N–H and O–H groups in total. The Balaban J connectivity index is 3.37. The van der Waals surface area contributed by atoms with Crippen molar-refractivity contribution in [3.05, 3.63) is 12.3 Å². The Hall–Kier alpha value is 0.190. The van der Waals surface area contributed by atoms with Crippen LogP contribution in [-0.4, -0.2) is 10.6 Å². The summed E-state index contributed by atoms with van der Waals surface area (Å²) in [6, 6.07) is 0. The van der Waals surface area contributed by atoms with Crippen molar-refractivity contribution < 1.29 is 0 Å². The second-order valence-electron chi connectivity index (χ2n) is 1.98. The molecule has 0 aliphatic carbocycles. The number of nitrogens with one attached hydrogen (secondary N) is 2. The summed E-state index contributed by atoms with van der Waals surface area (Å²) in [5.41, 5.74) is 3.38. The molecule has 0 aliphatic rings. The number of hydrogen-bond donors (Lipinski definition) is 3. The number of nitrogens with two attached hydrogens (primary N) is 1. The quantitative estimate of drug-likeness (QED) is 0.223. The molecule has 10 heavy (non-hydrogen) atoms. The molecule has 0 bridgehead atoms. The van der Waals surface area contributed by atoms with Crippen molar-refractivity contribution in [1.82, 2.24) is 10.7 Å². The van der Waals surface area contributed by atoms with Crippen molar-refractivity contribution in [3.8, 4) is 0 Å². The molecule has 0 fully saturated rings. The van der Waals surface area contributed by atoms with E-state index < -0.39 is 0 Å². The van der Waals surface area contributed by atoms with Gasteiger partial charge in [0.2, 0.25) is 0 Å². The summed E-state index contributed by atoms with van der Waals surface area (Å²) in [4.78, 5) is 0. The zero-order valence-corrected chi connectivity index (χ0v) is 8.31. The van der Waals surface area contributed by atoms with Gasteiger partial charge in [-0.1, -0.05) is 36.1 Å². The average molecular weight is 255 g/mol. The van der Waals surface area contributed by atoms with Crippen molar-refractivity contribution in [3.63, 3.8) is 0 Å². The minimum absolute atomic E-state index is 0.422. The Morgan fingerprint density at radius 1 is 1.80 bits per heavy atom. The lowest BCUT2D eigenvalue weighted by Gasteiger charge is -2.11. The molecule has 1 unspecified atom stereocenters. The maximum absolute atomic E-state index is 5.14. The van der Waals surface area contributed by atoms with E-state index >= 15 is 0 Å². The number of rotatable bonds is 5. The maximum Gasteiger partial charge on any atom is 0.0648 e. The first-order valence-electron chi connectivity index (χ1n) is 3.22. The lowest BCUT2D eigenvalue weighted by atomic mass is 10.3. The summed E-state index contributed by atoms with van der Waals surface area (Å²) < 4.78 is 0.422. The molecule has 0 aromatic heterocycles. The van der Waals surface area contributed by atoms with Crippen LogP contribution < -0.4 is 16.6 Å². The smallest absolute Gasteiger partial charge is 0.0648 e. The molecule has 60 valence electrons.